The highest BCUT2D eigenvalue weighted by Gasteiger charge is 2.37. The Morgan fingerprint density at radius 3 is 2.14 bits per heavy atom. The molecule has 0 aromatic heterocycles. The first-order valence-corrected chi connectivity index (χ1v) is 7.16. The van der Waals surface area contributed by atoms with Gasteiger partial charge in [-0.1, -0.05) is 44.2 Å². The normalized spacial score (nSPS) is 14.3. The van der Waals surface area contributed by atoms with Gasteiger partial charge in [-0.2, -0.15) is 0 Å². The number of nitrogens with one attached hydrogen (secondary N) is 1. The first kappa shape index (κ1) is 17.2. The van der Waals surface area contributed by atoms with E-state index in [1.54, 1.807) is 19.1 Å². The molecule has 0 fully saturated rings. The molecule has 0 aliphatic heterocycles. The van der Waals surface area contributed by atoms with Gasteiger partial charge < -0.3 is 16.2 Å². The van der Waals surface area contributed by atoms with Crippen molar-refractivity contribution < 1.29 is 14.7 Å². The lowest BCUT2D eigenvalue weighted by atomic mass is 9.82. The van der Waals surface area contributed by atoms with Crippen LogP contribution in [-0.4, -0.2) is 23.5 Å². The molecule has 116 valence electrons. The Labute approximate surface area is 125 Å². The quantitative estimate of drug-likeness (QED) is 0.715. The summed E-state index contributed by atoms with van der Waals surface area (Å²) in [5.41, 5.74) is 4.67. The smallest absolute Gasteiger partial charge is 0.311 e. The van der Waals surface area contributed by atoms with E-state index in [0.29, 0.717) is 18.4 Å². The molecule has 4 N–H and O–H groups in total. The second kappa shape index (κ2) is 6.72. The molecule has 0 saturated heterocycles. The number of carboxylic acid groups (broad SMARTS) is 1. The standard InChI is InChI=1S/C16H24N2O3/c1-4-16(5-2,14(20)21)11-18-13(19)15(3,17)12-9-7-6-8-10-12/h6-10H,4-5,11,17H2,1-3H3,(H,18,19)(H,20,21). The third-order valence-electron chi connectivity index (χ3n) is 4.24. The Kier molecular flexibility index (Phi) is 5.49. The molecule has 0 radical (unpaired) electrons. The fourth-order valence-electron chi connectivity index (χ4n) is 2.23. The molecule has 1 unspecified atom stereocenters. The van der Waals surface area contributed by atoms with Crippen LogP contribution in [-0.2, 0) is 15.1 Å². The molecule has 5 heteroatoms. The van der Waals surface area contributed by atoms with E-state index >= 15 is 0 Å². The number of carboxylic acids is 1. The Bertz CT molecular complexity index is 494. The number of carbonyl (C=O) groups excluding carboxylic acids is 1. The van der Waals surface area contributed by atoms with Crippen LogP contribution in [0.5, 0.6) is 0 Å². The zero-order valence-electron chi connectivity index (χ0n) is 12.8. The van der Waals surface area contributed by atoms with Crippen molar-refractivity contribution in [2.75, 3.05) is 6.54 Å². The topological polar surface area (TPSA) is 92.4 Å². The average Bonchev–Trinajstić information content (AvgIpc) is 2.49. The summed E-state index contributed by atoms with van der Waals surface area (Å²) in [4.78, 5) is 23.8. The van der Waals surface area contributed by atoms with Crippen LogP contribution in [0.1, 0.15) is 39.2 Å². The van der Waals surface area contributed by atoms with Gasteiger partial charge in [0, 0.05) is 6.54 Å². The molecule has 0 aliphatic rings. The molecule has 1 rings (SSSR count). The van der Waals surface area contributed by atoms with Crippen molar-refractivity contribution in [1.29, 1.82) is 0 Å². The highest BCUT2D eigenvalue weighted by Crippen LogP contribution is 2.26. The van der Waals surface area contributed by atoms with Gasteiger partial charge in [-0.15, -0.1) is 0 Å². The first-order chi connectivity index (χ1) is 9.80. The Balaban J connectivity index is 2.84. The first-order valence-electron chi connectivity index (χ1n) is 7.16. The maximum atomic E-state index is 12.3. The lowest BCUT2D eigenvalue weighted by Gasteiger charge is -2.30. The van der Waals surface area contributed by atoms with Gasteiger partial charge in [0.15, 0.2) is 0 Å². The van der Waals surface area contributed by atoms with E-state index in [0.717, 1.165) is 0 Å². The second-order valence-corrected chi connectivity index (χ2v) is 5.54. The molecule has 0 bridgehead atoms. The maximum absolute atomic E-state index is 12.3. The number of aliphatic carboxylic acids is 1. The van der Waals surface area contributed by atoms with Crippen molar-refractivity contribution in [2.24, 2.45) is 11.1 Å². The van der Waals surface area contributed by atoms with Crippen molar-refractivity contribution in [1.82, 2.24) is 5.32 Å². The van der Waals surface area contributed by atoms with Gasteiger partial charge in [-0.05, 0) is 25.3 Å². The van der Waals surface area contributed by atoms with Gasteiger partial charge in [0.25, 0.3) is 0 Å². The van der Waals surface area contributed by atoms with E-state index < -0.39 is 16.9 Å². The van der Waals surface area contributed by atoms with E-state index in [9.17, 15) is 14.7 Å². The number of nitrogens with two attached hydrogens (primary N) is 1. The third-order valence-corrected chi connectivity index (χ3v) is 4.24. The Morgan fingerprint density at radius 1 is 1.19 bits per heavy atom. The van der Waals surface area contributed by atoms with Crippen molar-refractivity contribution >= 4 is 11.9 Å². The molecule has 0 spiro atoms. The summed E-state index contributed by atoms with van der Waals surface area (Å²) in [6.45, 7) is 5.32. The van der Waals surface area contributed by atoms with Crippen LogP contribution in [0.3, 0.4) is 0 Å². The zero-order valence-corrected chi connectivity index (χ0v) is 12.8. The SMILES string of the molecule is CCC(CC)(CNC(=O)C(C)(N)c1ccccc1)C(=O)O. The Hall–Kier alpha value is -1.88. The van der Waals surface area contributed by atoms with Crippen LogP contribution in [0.25, 0.3) is 0 Å². The lowest BCUT2D eigenvalue weighted by molar-refractivity contribution is -0.149. The summed E-state index contributed by atoms with van der Waals surface area (Å²) in [6, 6.07) is 9.04. The van der Waals surface area contributed by atoms with E-state index in [4.69, 9.17) is 5.73 Å². The summed E-state index contributed by atoms with van der Waals surface area (Å²) >= 11 is 0. The average molecular weight is 292 g/mol. The van der Waals surface area contributed by atoms with Gasteiger partial charge in [0.1, 0.15) is 5.54 Å². The number of hydrogen-bond donors (Lipinski definition) is 3. The maximum Gasteiger partial charge on any atom is 0.311 e. The van der Waals surface area contributed by atoms with Crippen molar-refractivity contribution in [2.45, 2.75) is 39.2 Å². The number of rotatable bonds is 7. The highest BCUT2D eigenvalue weighted by molar-refractivity contribution is 5.87. The van der Waals surface area contributed by atoms with Gasteiger partial charge in [-0.25, -0.2) is 0 Å². The zero-order chi connectivity index (χ0) is 16.1. The van der Waals surface area contributed by atoms with Crippen LogP contribution in [0.2, 0.25) is 0 Å². The number of amides is 1. The second-order valence-electron chi connectivity index (χ2n) is 5.54. The van der Waals surface area contributed by atoms with E-state index in [2.05, 4.69) is 5.32 Å². The van der Waals surface area contributed by atoms with Crippen LogP contribution < -0.4 is 11.1 Å². The predicted molar refractivity (Wildman–Crippen MR) is 81.6 cm³/mol. The Morgan fingerprint density at radius 2 is 1.71 bits per heavy atom. The minimum atomic E-state index is -1.19. The molecule has 0 saturated carbocycles. The van der Waals surface area contributed by atoms with E-state index in [-0.39, 0.29) is 12.5 Å². The molecule has 21 heavy (non-hydrogen) atoms. The fraction of sp³-hybridized carbons (Fsp3) is 0.500. The summed E-state index contributed by atoms with van der Waals surface area (Å²) < 4.78 is 0. The lowest BCUT2D eigenvalue weighted by Crippen LogP contribution is -2.52. The van der Waals surface area contributed by atoms with Gasteiger partial charge in [0.05, 0.1) is 5.41 Å². The largest absolute Gasteiger partial charge is 0.481 e. The van der Waals surface area contributed by atoms with Gasteiger partial charge in [-0.3, -0.25) is 9.59 Å². The summed E-state index contributed by atoms with van der Waals surface area (Å²) in [7, 11) is 0. The van der Waals surface area contributed by atoms with Crippen LogP contribution in [0.15, 0.2) is 30.3 Å². The molecule has 1 aromatic carbocycles. The van der Waals surface area contributed by atoms with Gasteiger partial charge >= 0.3 is 5.97 Å². The predicted octanol–water partition coefficient (Wildman–Crippen LogP) is 1.87. The van der Waals surface area contributed by atoms with E-state index in [1.807, 2.05) is 32.0 Å². The van der Waals surface area contributed by atoms with Gasteiger partial charge in [0.2, 0.25) is 5.91 Å². The molecule has 1 aromatic rings. The number of benzene rings is 1. The summed E-state index contributed by atoms with van der Waals surface area (Å²) in [5.74, 6) is -1.27. The minimum absolute atomic E-state index is 0.0772. The number of hydrogen-bond acceptors (Lipinski definition) is 3. The monoisotopic (exact) mass is 292 g/mol. The molecular formula is C16H24N2O3. The van der Waals surface area contributed by atoms with Crippen molar-refractivity contribution in [3.8, 4) is 0 Å². The van der Waals surface area contributed by atoms with Crippen LogP contribution in [0.4, 0.5) is 0 Å². The molecular weight excluding hydrogens is 268 g/mol. The van der Waals surface area contributed by atoms with E-state index in [1.165, 1.54) is 0 Å². The third kappa shape index (κ3) is 3.61. The highest BCUT2D eigenvalue weighted by atomic mass is 16.4. The molecule has 5 nitrogen and oxygen atoms in total. The number of carbonyl (C=O) groups is 2. The molecule has 0 heterocycles. The van der Waals surface area contributed by atoms with Crippen LogP contribution >= 0.6 is 0 Å². The molecule has 1 atom stereocenters. The van der Waals surface area contributed by atoms with Crippen molar-refractivity contribution in [3.05, 3.63) is 35.9 Å². The summed E-state index contributed by atoms with van der Waals surface area (Å²) in [5, 5.41) is 12.1. The fourth-order valence-corrected chi connectivity index (χ4v) is 2.23. The molecule has 1 amide bonds. The minimum Gasteiger partial charge on any atom is -0.481 e. The molecule has 0 aliphatic carbocycles. The summed E-state index contributed by atoms with van der Waals surface area (Å²) in [6.07, 6.45) is 0.900. The van der Waals surface area contributed by atoms with Crippen LogP contribution in [0, 0.1) is 5.41 Å². The van der Waals surface area contributed by atoms with Crippen molar-refractivity contribution in [3.63, 3.8) is 0 Å².